The molecule has 1 aliphatic carbocycles. The van der Waals surface area contributed by atoms with Gasteiger partial charge in [0.15, 0.2) is 0 Å². The minimum Gasteiger partial charge on any atom is -0.444 e. The maximum Gasteiger partial charge on any atom is 0.408 e. The fourth-order valence-corrected chi connectivity index (χ4v) is 6.65. The van der Waals surface area contributed by atoms with Gasteiger partial charge in [-0.15, -0.1) is 0 Å². The Morgan fingerprint density at radius 3 is 2.47 bits per heavy atom. The second kappa shape index (κ2) is 11.6. The number of aromatic nitrogens is 3. The van der Waals surface area contributed by atoms with Crippen molar-refractivity contribution in [2.75, 3.05) is 50.7 Å². The Bertz CT molecular complexity index is 1460. The molecule has 43 heavy (non-hydrogen) atoms. The SMILES string of the molecule is CC(C)(C)OC(=O)NC1(C(=O)NC2(c3ccc(Cl)cc3)C[C@H]2CN2CCNCC2)CCN(c2ncnc3[nH]ccc23)CC1. The van der Waals surface area contributed by atoms with Crippen LogP contribution in [0.1, 0.15) is 45.6 Å². The summed E-state index contributed by atoms with van der Waals surface area (Å²) in [5.41, 5.74) is -0.577. The normalized spacial score (nSPS) is 24.0. The van der Waals surface area contributed by atoms with Gasteiger partial charge in [0.05, 0.1) is 10.9 Å². The van der Waals surface area contributed by atoms with E-state index in [0.29, 0.717) is 31.0 Å². The van der Waals surface area contributed by atoms with Crippen LogP contribution in [0.15, 0.2) is 42.9 Å². The van der Waals surface area contributed by atoms with Crippen molar-refractivity contribution < 1.29 is 14.3 Å². The summed E-state index contributed by atoms with van der Waals surface area (Å²) in [5.74, 6) is 0.871. The first kappa shape index (κ1) is 29.7. The van der Waals surface area contributed by atoms with E-state index in [1.807, 2.05) is 57.3 Å². The predicted octanol–water partition coefficient (Wildman–Crippen LogP) is 3.41. The Hall–Kier alpha value is -3.41. The lowest BCUT2D eigenvalue weighted by Crippen LogP contribution is -2.65. The van der Waals surface area contributed by atoms with Gasteiger partial charge in [0.2, 0.25) is 5.91 Å². The Morgan fingerprint density at radius 2 is 1.77 bits per heavy atom. The summed E-state index contributed by atoms with van der Waals surface area (Å²) < 4.78 is 5.64. The molecule has 12 heteroatoms. The molecular formula is C31H41ClN8O3. The molecule has 2 atom stereocenters. The molecule has 2 saturated heterocycles. The molecule has 1 unspecified atom stereocenters. The van der Waals surface area contributed by atoms with Crippen molar-refractivity contribution in [1.29, 1.82) is 0 Å². The van der Waals surface area contributed by atoms with E-state index in [1.165, 1.54) is 0 Å². The summed E-state index contributed by atoms with van der Waals surface area (Å²) >= 11 is 6.25. The summed E-state index contributed by atoms with van der Waals surface area (Å²) in [6.07, 6.45) is 4.41. The molecule has 6 rings (SSSR count). The van der Waals surface area contributed by atoms with Crippen molar-refractivity contribution in [1.82, 2.24) is 35.8 Å². The Morgan fingerprint density at radius 1 is 1.05 bits per heavy atom. The number of benzene rings is 1. The largest absolute Gasteiger partial charge is 0.444 e. The summed E-state index contributed by atoms with van der Waals surface area (Å²) in [5, 5.41) is 11.5. The van der Waals surface area contributed by atoms with E-state index in [9.17, 15) is 9.59 Å². The lowest BCUT2D eigenvalue weighted by Gasteiger charge is -2.42. The number of amides is 2. The number of ether oxygens (including phenoxy) is 1. The average Bonchev–Trinajstić information content (AvgIpc) is 3.41. The molecule has 1 aromatic carbocycles. The van der Waals surface area contributed by atoms with Gasteiger partial charge >= 0.3 is 6.09 Å². The number of alkyl carbamates (subject to hydrolysis) is 1. The van der Waals surface area contributed by atoms with Crippen LogP contribution in [-0.4, -0.2) is 88.8 Å². The number of nitrogens with one attached hydrogen (secondary N) is 4. The van der Waals surface area contributed by atoms with Crippen LogP contribution < -0.4 is 20.9 Å². The van der Waals surface area contributed by atoms with Crippen molar-refractivity contribution in [3.05, 3.63) is 53.4 Å². The van der Waals surface area contributed by atoms with Crippen LogP contribution in [0.25, 0.3) is 11.0 Å². The number of fused-ring (bicyclic) bond motifs is 1. The van der Waals surface area contributed by atoms with Gasteiger partial charge < -0.3 is 35.5 Å². The molecule has 0 bridgehead atoms. The fraction of sp³-hybridized carbons (Fsp3) is 0.548. The average molecular weight is 609 g/mol. The van der Waals surface area contributed by atoms with Crippen LogP contribution in [-0.2, 0) is 15.1 Å². The first-order chi connectivity index (χ1) is 20.6. The van der Waals surface area contributed by atoms with E-state index in [-0.39, 0.29) is 11.8 Å². The molecule has 3 fully saturated rings. The molecule has 4 heterocycles. The van der Waals surface area contributed by atoms with Gasteiger partial charge in [-0.3, -0.25) is 4.79 Å². The van der Waals surface area contributed by atoms with E-state index in [4.69, 9.17) is 16.3 Å². The molecule has 4 N–H and O–H groups in total. The highest BCUT2D eigenvalue weighted by Crippen LogP contribution is 2.53. The Kier molecular flexibility index (Phi) is 7.99. The van der Waals surface area contributed by atoms with Gasteiger partial charge in [0.25, 0.3) is 0 Å². The number of piperazine rings is 1. The number of hydrogen-bond acceptors (Lipinski definition) is 8. The number of nitrogens with zero attached hydrogens (tertiary/aromatic N) is 4. The lowest BCUT2D eigenvalue weighted by molar-refractivity contribution is -0.130. The fourth-order valence-electron chi connectivity index (χ4n) is 6.52. The van der Waals surface area contributed by atoms with Crippen LogP contribution in [0.2, 0.25) is 5.02 Å². The summed E-state index contributed by atoms with van der Waals surface area (Å²) in [7, 11) is 0. The number of halogens is 1. The molecule has 2 amide bonds. The van der Waals surface area contributed by atoms with Gasteiger partial charge in [-0.2, -0.15) is 0 Å². The maximum absolute atomic E-state index is 14.5. The zero-order valence-corrected chi connectivity index (χ0v) is 25.8. The lowest BCUT2D eigenvalue weighted by atomic mass is 9.85. The van der Waals surface area contributed by atoms with Gasteiger partial charge in [0.1, 0.15) is 28.9 Å². The molecule has 2 aliphatic heterocycles. The number of carbonyl (C=O) groups is 2. The van der Waals surface area contributed by atoms with Gasteiger partial charge in [0, 0.05) is 63.0 Å². The second-order valence-corrected chi connectivity index (χ2v) is 13.5. The molecule has 230 valence electrons. The summed E-state index contributed by atoms with van der Waals surface area (Å²) in [6.45, 7) is 11.3. The van der Waals surface area contributed by atoms with Gasteiger partial charge in [-0.1, -0.05) is 23.7 Å². The molecule has 3 aliphatic rings. The van der Waals surface area contributed by atoms with Crippen molar-refractivity contribution >= 4 is 40.5 Å². The first-order valence-electron chi connectivity index (χ1n) is 15.1. The van der Waals surface area contributed by atoms with Crippen LogP contribution in [0.3, 0.4) is 0 Å². The van der Waals surface area contributed by atoms with E-state index in [0.717, 1.165) is 61.6 Å². The van der Waals surface area contributed by atoms with E-state index in [1.54, 1.807) is 6.33 Å². The summed E-state index contributed by atoms with van der Waals surface area (Å²) in [6, 6.07) is 9.73. The third-order valence-electron chi connectivity index (χ3n) is 8.91. The molecule has 0 radical (unpaired) electrons. The monoisotopic (exact) mass is 608 g/mol. The minimum atomic E-state index is -1.15. The molecule has 3 aromatic rings. The van der Waals surface area contributed by atoms with Crippen molar-refractivity contribution in [3.63, 3.8) is 0 Å². The summed E-state index contributed by atoms with van der Waals surface area (Å²) in [4.78, 5) is 44.3. The van der Waals surface area contributed by atoms with Crippen molar-refractivity contribution in [2.24, 2.45) is 5.92 Å². The highest BCUT2D eigenvalue weighted by atomic mass is 35.5. The highest BCUT2D eigenvalue weighted by Gasteiger charge is 2.59. The van der Waals surface area contributed by atoms with Crippen LogP contribution in [0.5, 0.6) is 0 Å². The third kappa shape index (κ3) is 6.30. The second-order valence-electron chi connectivity index (χ2n) is 13.0. The van der Waals surface area contributed by atoms with Crippen molar-refractivity contribution in [3.8, 4) is 0 Å². The van der Waals surface area contributed by atoms with Gasteiger partial charge in [-0.25, -0.2) is 14.8 Å². The number of anilines is 1. The first-order valence-corrected chi connectivity index (χ1v) is 15.5. The molecule has 1 saturated carbocycles. The van der Waals surface area contributed by atoms with Crippen LogP contribution >= 0.6 is 11.6 Å². The molecule has 0 spiro atoms. The van der Waals surface area contributed by atoms with E-state index in [2.05, 4.69) is 40.7 Å². The quantitative estimate of drug-likeness (QED) is 0.321. The van der Waals surface area contributed by atoms with Crippen LogP contribution in [0, 0.1) is 5.92 Å². The number of H-pyrrole nitrogens is 1. The standard InChI is InChI=1S/C31H41ClN8O3/c1-29(2,3)43-28(42)38-30(9-14-40(15-10-30)26-24-8-11-34-25(24)35-20-36-26)27(41)37-31(21-4-6-23(32)7-5-21)18-22(31)19-39-16-12-33-13-17-39/h4-8,11,20,22,33H,9-10,12-19H2,1-3H3,(H,37,41)(H,38,42)(H,34,35,36)/t22-,31?/m0/s1. The maximum atomic E-state index is 14.5. The van der Waals surface area contributed by atoms with Crippen LogP contribution in [0.4, 0.5) is 10.6 Å². The molecule has 11 nitrogen and oxygen atoms in total. The third-order valence-corrected chi connectivity index (χ3v) is 9.17. The smallest absolute Gasteiger partial charge is 0.408 e. The number of rotatable bonds is 7. The Labute approximate surface area is 257 Å². The van der Waals surface area contributed by atoms with E-state index < -0.39 is 22.8 Å². The minimum absolute atomic E-state index is 0.190. The van der Waals surface area contributed by atoms with Crippen molar-refractivity contribution in [2.45, 2.75) is 56.7 Å². The predicted molar refractivity (Wildman–Crippen MR) is 166 cm³/mol. The zero-order chi connectivity index (χ0) is 30.2. The highest BCUT2D eigenvalue weighted by molar-refractivity contribution is 6.30. The molecular weight excluding hydrogens is 568 g/mol. The molecule has 2 aromatic heterocycles. The number of carbonyl (C=O) groups excluding carboxylic acids is 2. The van der Waals surface area contributed by atoms with Gasteiger partial charge in [-0.05, 0) is 63.8 Å². The Balaban J connectivity index is 1.26. The zero-order valence-electron chi connectivity index (χ0n) is 25.1. The number of piperidine rings is 1. The van der Waals surface area contributed by atoms with E-state index >= 15 is 0 Å². The topological polar surface area (TPSA) is 128 Å². The number of aromatic amines is 1. The number of hydrogen-bond donors (Lipinski definition) is 4.